The molecule has 0 unspecified atom stereocenters. The highest BCUT2D eigenvalue weighted by molar-refractivity contribution is 6.10. The van der Waals surface area contributed by atoms with Crippen LogP contribution in [0, 0.1) is 6.20 Å². The zero-order chi connectivity index (χ0) is 16.7. The van der Waals surface area contributed by atoms with Gasteiger partial charge >= 0.3 is 0 Å². The fourth-order valence-corrected chi connectivity index (χ4v) is 3.13. The van der Waals surface area contributed by atoms with Crippen molar-refractivity contribution in [2.75, 3.05) is 20.0 Å². The van der Waals surface area contributed by atoms with Gasteiger partial charge in [-0.25, -0.2) is 0 Å². The summed E-state index contributed by atoms with van der Waals surface area (Å²) in [7, 11) is 3.33. The van der Waals surface area contributed by atoms with Crippen molar-refractivity contribution in [1.29, 1.82) is 0 Å². The molecule has 0 spiro atoms. The second-order valence-electron chi connectivity index (χ2n) is 5.60. The van der Waals surface area contributed by atoms with Gasteiger partial charge in [0.2, 0.25) is 0 Å². The Labute approximate surface area is 140 Å². The molecule has 4 nitrogen and oxygen atoms in total. The summed E-state index contributed by atoms with van der Waals surface area (Å²) in [5, 5.41) is 3.34. The van der Waals surface area contributed by atoms with E-state index in [1.54, 1.807) is 14.2 Å². The lowest BCUT2D eigenvalue weighted by Crippen LogP contribution is -1.98. The first-order valence-electron chi connectivity index (χ1n) is 7.65. The topological polar surface area (TPSA) is 49.4 Å². The van der Waals surface area contributed by atoms with Crippen LogP contribution in [-0.2, 0) is 0 Å². The lowest BCUT2D eigenvalue weighted by Gasteiger charge is -2.13. The third-order valence-electron chi connectivity index (χ3n) is 4.27. The maximum Gasteiger partial charge on any atom is 0.144 e. The van der Waals surface area contributed by atoms with Crippen molar-refractivity contribution < 1.29 is 9.47 Å². The Morgan fingerprint density at radius 2 is 1.62 bits per heavy atom. The molecule has 4 aromatic rings. The van der Waals surface area contributed by atoms with Gasteiger partial charge in [0.15, 0.2) is 0 Å². The Hall–Kier alpha value is -3.14. The summed E-state index contributed by atoms with van der Waals surface area (Å²) in [5.41, 5.74) is 8.43. The van der Waals surface area contributed by atoms with Crippen molar-refractivity contribution in [1.82, 2.24) is 4.57 Å². The van der Waals surface area contributed by atoms with Gasteiger partial charge < -0.3 is 19.8 Å². The standard InChI is InChI=1S/C20H17N2O2/c1-23-19-12-18-15(14-5-3-4-6-16(14)19)9-10-22(18)17-8-7-13(21)11-20(17)24-2/h3-9,11-12H,21H2,1-2H3. The monoisotopic (exact) mass is 317 g/mol. The number of nitrogens with two attached hydrogens (primary N) is 1. The van der Waals surface area contributed by atoms with Crippen LogP contribution < -0.4 is 15.2 Å². The molecule has 4 heteroatoms. The van der Waals surface area contributed by atoms with Crippen LogP contribution in [0.1, 0.15) is 0 Å². The number of hydrogen-bond donors (Lipinski definition) is 1. The summed E-state index contributed by atoms with van der Waals surface area (Å²) in [6.07, 6.45) is 3.31. The number of fused-ring (bicyclic) bond motifs is 3. The first-order chi connectivity index (χ1) is 11.7. The minimum atomic E-state index is 0.662. The van der Waals surface area contributed by atoms with Gasteiger partial charge in [-0.05, 0) is 23.6 Å². The molecule has 0 bridgehead atoms. The number of nitrogens with zero attached hydrogens (tertiary/aromatic N) is 1. The molecule has 1 heterocycles. The van der Waals surface area contributed by atoms with Crippen molar-refractivity contribution in [2.24, 2.45) is 0 Å². The van der Waals surface area contributed by atoms with E-state index in [2.05, 4.69) is 18.3 Å². The molecule has 3 aromatic carbocycles. The van der Waals surface area contributed by atoms with Crippen LogP contribution in [-0.4, -0.2) is 18.8 Å². The second kappa shape index (κ2) is 5.49. The molecule has 0 fully saturated rings. The molecular weight excluding hydrogens is 300 g/mol. The van der Waals surface area contributed by atoms with Crippen LogP contribution in [0.2, 0.25) is 0 Å². The number of nitrogen functional groups attached to an aromatic ring is 1. The molecule has 0 atom stereocenters. The van der Waals surface area contributed by atoms with E-state index in [1.807, 2.05) is 47.0 Å². The van der Waals surface area contributed by atoms with Crippen molar-refractivity contribution in [3.8, 4) is 17.2 Å². The van der Waals surface area contributed by atoms with Gasteiger partial charge in [0.25, 0.3) is 0 Å². The molecule has 0 amide bonds. The van der Waals surface area contributed by atoms with E-state index >= 15 is 0 Å². The van der Waals surface area contributed by atoms with Crippen molar-refractivity contribution in [3.63, 3.8) is 0 Å². The van der Waals surface area contributed by atoms with Gasteiger partial charge in [0.1, 0.15) is 11.5 Å². The van der Waals surface area contributed by atoms with E-state index in [1.165, 1.54) is 0 Å². The predicted octanol–water partition coefficient (Wildman–Crippen LogP) is 4.18. The zero-order valence-corrected chi connectivity index (χ0v) is 13.5. The molecule has 1 radical (unpaired) electrons. The highest BCUT2D eigenvalue weighted by atomic mass is 16.5. The number of aromatic nitrogens is 1. The Bertz CT molecular complexity index is 1050. The number of rotatable bonds is 3. The predicted molar refractivity (Wildman–Crippen MR) is 97.1 cm³/mol. The number of hydrogen-bond acceptors (Lipinski definition) is 3. The van der Waals surface area contributed by atoms with E-state index in [0.717, 1.165) is 33.1 Å². The molecule has 0 aliphatic rings. The SMILES string of the molecule is COc1cc(N)ccc1-n1[c]cc2c3ccccc3c(OC)cc21. The number of anilines is 1. The summed E-state index contributed by atoms with van der Waals surface area (Å²) >= 11 is 0. The van der Waals surface area contributed by atoms with E-state index in [-0.39, 0.29) is 0 Å². The Morgan fingerprint density at radius 1 is 0.875 bits per heavy atom. The highest BCUT2D eigenvalue weighted by Gasteiger charge is 2.14. The lowest BCUT2D eigenvalue weighted by molar-refractivity contribution is 0.413. The molecule has 0 aliphatic heterocycles. The first kappa shape index (κ1) is 14.5. The van der Waals surface area contributed by atoms with Crippen molar-refractivity contribution in [2.45, 2.75) is 0 Å². The van der Waals surface area contributed by atoms with E-state index < -0.39 is 0 Å². The first-order valence-corrected chi connectivity index (χ1v) is 7.65. The van der Waals surface area contributed by atoms with Crippen LogP contribution in [0.5, 0.6) is 11.5 Å². The molecule has 0 saturated heterocycles. The molecule has 0 aliphatic carbocycles. The fourth-order valence-electron chi connectivity index (χ4n) is 3.13. The Balaban J connectivity index is 2.07. The molecule has 24 heavy (non-hydrogen) atoms. The van der Waals surface area contributed by atoms with Gasteiger partial charge in [0.05, 0.1) is 31.6 Å². The minimum absolute atomic E-state index is 0.662. The van der Waals surface area contributed by atoms with Gasteiger partial charge in [0, 0.05) is 28.6 Å². The van der Waals surface area contributed by atoms with Crippen LogP contribution in [0.3, 0.4) is 0 Å². The average Bonchev–Trinajstić information content (AvgIpc) is 3.04. The molecule has 2 N–H and O–H groups in total. The maximum atomic E-state index is 5.87. The maximum absolute atomic E-state index is 5.87. The van der Waals surface area contributed by atoms with Gasteiger partial charge in [-0.15, -0.1) is 0 Å². The van der Waals surface area contributed by atoms with Crippen LogP contribution >= 0.6 is 0 Å². The molecule has 1 aromatic heterocycles. The van der Waals surface area contributed by atoms with Crippen LogP contribution in [0.25, 0.3) is 27.4 Å². The Kier molecular flexibility index (Phi) is 3.31. The van der Waals surface area contributed by atoms with Gasteiger partial charge in [-0.3, -0.25) is 0 Å². The smallest absolute Gasteiger partial charge is 0.144 e. The summed E-state index contributed by atoms with van der Waals surface area (Å²) < 4.78 is 13.1. The third-order valence-corrected chi connectivity index (χ3v) is 4.27. The van der Waals surface area contributed by atoms with Crippen molar-refractivity contribution >= 4 is 27.4 Å². The van der Waals surface area contributed by atoms with Crippen LogP contribution in [0.15, 0.2) is 54.6 Å². The number of ether oxygens (including phenoxy) is 2. The molecular formula is C20H17N2O2. The van der Waals surface area contributed by atoms with E-state index in [0.29, 0.717) is 11.4 Å². The quantitative estimate of drug-likeness (QED) is 0.577. The lowest BCUT2D eigenvalue weighted by atomic mass is 10.1. The average molecular weight is 317 g/mol. The van der Waals surface area contributed by atoms with Crippen molar-refractivity contribution in [3.05, 3.63) is 60.8 Å². The summed E-state index contributed by atoms with van der Waals surface area (Å²) in [4.78, 5) is 0. The van der Waals surface area contributed by atoms with E-state index in [9.17, 15) is 0 Å². The van der Waals surface area contributed by atoms with Crippen LogP contribution in [0.4, 0.5) is 5.69 Å². The number of benzene rings is 3. The Morgan fingerprint density at radius 3 is 2.38 bits per heavy atom. The molecule has 4 rings (SSSR count). The highest BCUT2D eigenvalue weighted by Crippen LogP contribution is 2.36. The second-order valence-corrected chi connectivity index (χ2v) is 5.60. The third kappa shape index (κ3) is 2.07. The molecule has 119 valence electrons. The normalized spacial score (nSPS) is 11.1. The largest absolute Gasteiger partial charge is 0.496 e. The van der Waals surface area contributed by atoms with Gasteiger partial charge in [-0.1, -0.05) is 24.3 Å². The molecule has 0 saturated carbocycles. The van der Waals surface area contributed by atoms with E-state index in [4.69, 9.17) is 15.2 Å². The number of methoxy groups -OCH3 is 2. The summed E-state index contributed by atoms with van der Waals surface area (Å²) in [6.45, 7) is 0. The zero-order valence-electron chi connectivity index (χ0n) is 13.5. The summed E-state index contributed by atoms with van der Waals surface area (Å²) in [5.74, 6) is 1.54. The minimum Gasteiger partial charge on any atom is -0.496 e. The summed E-state index contributed by atoms with van der Waals surface area (Å²) in [6, 6.07) is 17.8. The fraction of sp³-hybridized carbons (Fsp3) is 0.100. The van der Waals surface area contributed by atoms with Gasteiger partial charge in [-0.2, -0.15) is 0 Å².